The highest BCUT2D eigenvalue weighted by atomic mass is 16.1. The summed E-state index contributed by atoms with van der Waals surface area (Å²) in [5.41, 5.74) is 4.19. The van der Waals surface area contributed by atoms with E-state index >= 15 is 0 Å². The molecule has 4 rings (SSSR count). The van der Waals surface area contributed by atoms with Crippen molar-refractivity contribution in [2.24, 2.45) is 5.92 Å². The number of carbonyl (C=O) groups excluding carboxylic acids is 1. The highest BCUT2D eigenvalue weighted by Crippen LogP contribution is 2.38. The number of aromatic nitrogens is 4. The van der Waals surface area contributed by atoms with Crippen molar-refractivity contribution in [1.29, 1.82) is 0 Å². The van der Waals surface area contributed by atoms with Gasteiger partial charge in [0.1, 0.15) is 5.82 Å². The topological polar surface area (TPSA) is 80.7 Å². The van der Waals surface area contributed by atoms with E-state index in [1.54, 1.807) is 6.20 Å². The lowest BCUT2D eigenvalue weighted by atomic mass is 9.79. The van der Waals surface area contributed by atoms with Crippen LogP contribution in [0.4, 0.5) is 0 Å². The van der Waals surface area contributed by atoms with Crippen LogP contribution in [0, 0.1) is 12.8 Å². The van der Waals surface area contributed by atoms with Gasteiger partial charge in [-0.3, -0.25) is 14.8 Å². The van der Waals surface area contributed by atoms with Gasteiger partial charge >= 0.3 is 0 Å². The maximum Gasteiger partial charge on any atom is 0.220 e. The van der Waals surface area contributed by atoms with E-state index in [1.807, 2.05) is 55.8 Å². The fraction of sp³-hybridized carbons (Fsp3) is 0.400. The first-order valence-corrected chi connectivity index (χ1v) is 11.1. The molecule has 6 nitrogen and oxygen atoms in total. The van der Waals surface area contributed by atoms with Gasteiger partial charge in [-0.15, -0.1) is 0 Å². The third-order valence-corrected chi connectivity index (χ3v) is 6.06. The second-order valence-electron chi connectivity index (χ2n) is 8.31. The van der Waals surface area contributed by atoms with Crippen molar-refractivity contribution in [3.63, 3.8) is 0 Å². The molecule has 6 heteroatoms. The second kappa shape index (κ2) is 10.2. The zero-order valence-corrected chi connectivity index (χ0v) is 18.0. The molecule has 1 amide bonds. The van der Waals surface area contributed by atoms with Gasteiger partial charge in [0.25, 0.3) is 0 Å². The number of carbonyl (C=O) groups is 1. The van der Waals surface area contributed by atoms with Crippen molar-refractivity contribution < 1.29 is 4.79 Å². The summed E-state index contributed by atoms with van der Waals surface area (Å²) in [6.07, 6.45) is 12.9. The molecule has 0 aliphatic heterocycles. The molecule has 1 aliphatic rings. The van der Waals surface area contributed by atoms with Crippen LogP contribution >= 0.6 is 0 Å². The van der Waals surface area contributed by atoms with Crippen LogP contribution in [0.15, 0.2) is 55.1 Å². The van der Waals surface area contributed by atoms with Crippen LogP contribution in [-0.2, 0) is 11.2 Å². The Hall–Kier alpha value is -3.15. The maximum absolute atomic E-state index is 12.2. The van der Waals surface area contributed by atoms with Gasteiger partial charge in [0.05, 0.1) is 11.4 Å². The van der Waals surface area contributed by atoms with E-state index in [9.17, 15) is 4.79 Å². The zero-order valence-electron chi connectivity index (χ0n) is 18.0. The standard InChI is InChI=1S/C25H29N5O/c1-18-28-17-22(23-6-2-3-14-27-23)25(30-18)21-10-7-20(8-11-21)16-29-24(31)12-9-19-5-4-13-26-15-19/h2-6,13-15,17,20-21H,7-12,16H2,1H3,(H,29,31). The van der Waals surface area contributed by atoms with E-state index in [0.29, 0.717) is 18.3 Å². The van der Waals surface area contributed by atoms with E-state index in [2.05, 4.69) is 20.3 Å². The van der Waals surface area contributed by atoms with E-state index < -0.39 is 0 Å². The molecule has 160 valence electrons. The molecule has 0 aromatic carbocycles. The van der Waals surface area contributed by atoms with Gasteiger partial charge in [0.2, 0.25) is 5.91 Å². The van der Waals surface area contributed by atoms with Crippen molar-refractivity contribution in [3.05, 3.63) is 72.2 Å². The van der Waals surface area contributed by atoms with Crippen LogP contribution < -0.4 is 5.32 Å². The Morgan fingerprint density at radius 2 is 1.90 bits per heavy atom. The number of aryl methyl sites for hydroxylation is 2. The van der Waals surface area contributed by atoms with Gasteiger partial charge in [-0.05, 0) is 68.7 Å². The van der Waals surface area contributed by atoms with E-state index in [0.717, 1.165) is 67.0 Å². The highest BCUT2D eigenvalue weighted by Gasteiger charge is 2.26. The summed E-state index contributed by atoms with van der Waals surface area (Å²) in [6, 6.07) is 9.86. The second-order valence-corrected chi connectivity index (χ2v) is 8.31. The van der Waals surface area contributed by atoms with Crippen LogP contribution in [0.2, 0.25) is 0 Å². The molecular weight excluding hydrogens is 386 g/mol. The lowest BCUT2D eigenvalue weighted by Crippen LogP contribution is -2.31. The summed E-state index contributed by atoms with van der Waals surface area (Å²) in [5.74, 6) is 1.86. The fourth-order valence-electron chi connectivity index (χ4n) is 4.31. The van der Waals surface area contributed by atoms with Crippen molar-refractivity contribution in [1.82, 2.24) is 25.3 Å². The molecule has 1 saturated carbocycles. The van der Waals surface area contributed by atoms with Gasteiger partial charge in [0, 0.05) is 49.2 Å². The van der Waals surface area contributed by atoms with E-state index in [4.69, 9.17) is 4.98 Å². The summed E-state index contributed by atoms with van der Waals surface area (Å²) in [6.45, 7) is 2.70. The van der Waals surface area contributed by atoms with Crippen molar-refractivity contribution in [3.8, 4) is 11.3 Å². The van der Waals surface area contributed by atoms with Crippen LogP contribution in [0.5, 0.6) is 0 Å². The monoisotopic (exact) mass is 415 g/mol. The van der Waals surface area contributed by atoms with Gasteiger partial charge in [-0.2, -0.15) is 0 Å². The summed E-state index contributed by atoms with van der Waals surface area (Å²) < 4.78 is 0. The summed E-state index contributed by atoms with van der Waals surface area (Å²) >= 11 is 0. The van der Waals surface area contributed by atoms with E-state index in [1.165, 1.54) is 0 Å². The van der Waals surface area contributed by atoms with Crippen LogP contribution in [-0.4, -0.2) is 32.4 Å². The van der Waals surface area contributed by atoms with Gasteiger partial charge in [-0.25, -0.2) is 9.97 Å². The minimum absolute atomic E-state index is 0.120. The zero-order chi connectivity index (χ0) is 21.5. The minimum Gasteiger partial charge on any atom is -0.356 e. The Kier molecular flexibility index (Phi) is 6.97. The number of nitrogens with one attached hydrogen (secondary N) is 1. The predicted octanol–water partition coefficient (Wildman–Crippen LogP) is 4.26. The van der Waals surface area contributed by atoms with Crippen molar-refractivity contribution in [2.75, 3.05) is 6.54 Å². The fourth-order valence-corrected chi connectivity index (χ4v) is 4.31. The molecule has 3 aromatic rings. The molecule has 0 unspecified atom stereocenters. The quantitative estimate of drug-likeness (QED) is 0.623. The van der Waals surface area contributed by atoms with Crippen LogP contribution in [0.3, 0.4) is 0 Å². The molecule has 1 N–H and O–H groups in total. The number of pyridine rings is 2. The Labute approximate surface area is 183 Å². The maximum atomic E-state index is 12.2. The summed E-state index contributed by atoms with van der Waals surface area (Å²) in [5, 5.41) is 3.13. The Bertz CT molecular complexity index is 985. The van der Waals surface area contributed by atoms with Crippen LogP contribution in [0.1, 0.15) is 55.1 Å². The first-order chi connectivity index (χ1) is 15.2. The molecule has 1 aliphatic carbocycles. The molecule has 1 fully saturated rings. The molecule has 0 spiro atoms. The van der Waals surface area contributed by atoms with Crippen LogP contribution in [0.25, 0.3) is 11.3 Å². The lowest BCUT2D eigenvalue weighted by molar-refractivity contribution is -0.121. The number of rotatable bonds is 7. The first-order valence-electron chi connectivity index (χ1n) is 11.1. The molecule has 0 bridgehead atoms. The molecular formula is C25H29N5O. The molecule has 0 atom stereocenters. The molecule has 0 saturated heterocycles. The Balaban J connectivity index is 1.29. The van der Waals surface area contributed by atoms with E-state index in [-0.39, 0.29) is 5.91 Å². The van der Waals surface area contributed by atoms with Gasteiger partial charge in [-0.1, -0.05) is 12.1 Å². The molecule has 3 heterocycles. The third-order valence-electron chi connectivity index (χ3n) is 6.06. The smallest absolute Gasteiger partial charge is 0.220 e. The number of nitrogens with zero attached hydrogens (tertiary/aromatic N) is 4. The summed E-state index contributed by atoms with van der Waals surface area (Å²) in [7, 11) is 0. The molecule has 31 heavy (non-hydrogen) atoms. The van der Waals surface area contributed by atoms with Gasteiger partial charge in [0.15, 0.2) is 0 Å². The average Bonchev–Trinajstić information content (AvgIpc) is 2.83. The summed E-state index contributed by atoms with van der Waals surface area (Å²) in [4.78, 5) is 30.0. The molecule has 0 radical (unpaired) electrons. The number of hydrogen-bond donors (Lipinski definition) is 1. The van der Waals surface area contributed by atoms with Crippen molar-refractivity contribution >= 4 is 5.91 Å². The minimum atomic E-state index is 0.120. The lowest BCUT2D eigenvalue weighted by Gasteiger charge is -2.29. The van der Waals surface area contributed by atoms with Crippen molar-refractivity contribution in [2.45, 2.75) is 51.4 Å². The predicted molar refractivity (Wildman–Crippen MR) is 120 cm³/mol. The van der Waals surface area contributed by atoms with Gasteiger partial charge < -0.3 is 5.32 Å². The third kappa shape index (κ3) is 5.72. The SMILES string of the molecule is Cc1ncc(-c2ccccn2)c(C2CCC(CNC(=O)CCc3cccnc3)CC2)n1. The average molecular weight is 416 g/mol. The number of amides is 1. The Morgan fingerprint density at radius 3 is 2.65 bits per heavy atom. The largest absolute Gasteiger partial charge is 0.356 e. The first kappa shape index (κ1) is 21.1. The normalized spacial score (nSPS) is 18.5. The highest BCUT2D eigenvalue weighted by molar-refractivity contribution is 5.76. The molecule has 3 aromatic heterocycles. The number of hydrogen-bond acceptors (Lipinski definition) is 5. The Morgan fingerprint density at radius 1 is 1.03 bits per heavy atom.